The predicted octanol–water partition coefficient (Wildman–Crippen LogP) is 2.20. The Morgan fingerprint density at radius 3 is 3.12 bits per heavy atom. The lowest BCUT2D eigenvalue weighted by molar-refractivity contribution is -0.113. The zero-order valence-electron chi connectivity index (χ0n) is 9.59. The van der Waals surface area contributed by atoms with Crippen molar-refractivity contribution in [3.63, 3.8) is 0 Å². The first-order chi connectivity index (χ1) is 8.24. The Balaban J connectivity index is 2.37. The van der Waals surface area contributed by atoms with Crippen LogP contribution < -0.4 is 14.8 Å². The minimum absolute atomic E-state index is 0.0774. The Kier molecular flexibility index (Phi) is 3.74. The fraction of sp³-hybridized carbons (Fsp3) is 0.417. The number of methoxy groups -OCH3 is 1. The molecule has 1 heterocycles. The van der Waals surface area contributed by atoms with Gasteiger partial charge < -0.3 is 14.8 Å². The highest BCUT2D eigenvalue weighted by molar-refractivity contribution is 6.29. The van der Waals surface area contributed by atoms with Gasteiger partial charge in [0.1, 0.15) is 17.4 Å². The van der Waals surface area contributed by atoms with Gasteiger partial charge in [0.25, 0.3) is 0 Å². The third-order valence-electron chi connectivity index (χ3n) is 2.61. The van der Waals surface area contributed by atoms with Crippen molar-refractivity contribution in [2.45, 2.75) is 12.8 Å². The van der Waals surface area contributed by atoms with E-state index < -0.39 is 0 Å². The van der Waals surface area contributed by atoms with E-state index in [-0.39, 0.29) is 11.8 Å². The quantitative estimate of drug-likeness (QED) is 0.843. The third kappa shape index (κ3) is 2.64. The Labute approximate surface area is 105 Å². The third-order valence-corrected chi connectivity index (χ3v) is 2.85. The lowest BCUT2D eigenvalue weighted by Gasteiger charge is -2.21. The van der Waals surface area contributed by atoms with E-state index in [0.29, 0.717) is 18.0 Å². The molecule has 2 rings (SSSR count). The van der Waals surface area contributed by atoms with Crippen LogP contribution in [-0.4, -0.2) is 25.5 Å². The molecule has 0 spiro atoms. The van der Waals surface area contributed by atoms with Gasteiger partial charge in [-0.1, -0.05) is 0 Å². The SMILES string of the molecule is COc1cc2c(c(NC(=O)CCl)c1)OCCC2. The molecule has 1 aromatic carbocycles. The fourth-order valence-electron chi connectivity index (χ4n) is 1.85. The molecule has 0 saturated heterocycles. The van der Waals surface area contributed by atoms with Crippen molar-refractivity contribution in [2.24, 2.45) is 0 Å². The summed E-state index contributed by atoms with van der Waals surface area (Å²) in [5.41, 5.74) is 1.69. The molecule has 17 heavy (non-hydrogen) atoms. The monoisotopic (exact) mass is 255 g/mol. The van der Waals surface area contributed by atoms with Gasteiger partial charge in [0.15, 0.2) is 0 Å². The van der Waals surface area contributed by atoms with Crippen molar-refractivity contribution >= 4 is 23.2 Å². The summed E-state index contributed by atoms with van der Waals surface area (Å²) in [7, 11) is 1.60. The van der Waals surface area contributed by atoms with Crippen LogP contribution in [0.15, 0.2) is 12.1 Å². The summed E-state index contributed by atoms with van der Waals surface area (Å²) in [6, 6.07) is 3.68. The zero-order chi connectivity index (χ0) is 12.3. The van der Waals surface area contributed by atoms with E-state index >= 15 is 0 Å². The van der Waals surface area contributed by atoms with Gasteiger partial charge in [-0.25, -0.2) is 0 Å². The van der Waals surface area contributed by atoms with Crippen molar-refractivity contribution in [2.75, 3.05) is 24.9 Å². The van der Waals surface area contributed by atoms with E-state index in [2.05, 4.69) is 5.32 Å². The van der Waals surface area contributed by atoms with Gasteiger partial charge in [-0.2, -0.15) is 0 Å². The van der Waals surface area contributed by atoms with Crippen LogP contribution in [0.25, 0.3) is 0 Å². The van der Waals surface area contributed by atoms with Crippen LogP contribution in [0.2, 0.25) is 0 Å². The highest BCUT2D eigenvalue weighted by Crippen LogP contribution is 2.36. The molecule has 0 aromatic heterocycles. The molecule has 0 unspecified atom stereocenters. The van der Waals surface area contributed by atoms with E-state index in [0.717, 1.165) is 24.2 Å². The number of nitrogens with one attached hydrogen (secondary N) is 1. The molecule has 0 radical (unpaired) electrons. The number of aryl methyl sites for hydroxylation is 1. The molecular formula is C12H14ClNO3. The number of halogens is 1. The molecule has 0 aliphatic carbocycles. The number of hydrogen-bond donors (Lipinski definition) is 1. The van der Waals surface area contributed by atoms with Gasteiger partial charge >= 0.3 is 0 Å². The zero-order valence-corrected chi connectivity index (χ0v) is 10.3. The van der Waals surface area contributed by atoms with Crippen LogP contribution in [-0.2, 0) is 11.2 Å². The Hall–Kier alpha value is -1.42. The van der Waals surface area contributed by atoms with E-state index in [1.165, 1.54) is 0 Å². The van der Waals surface area contributed by atoms with E-state index in [1.807, 2.05) is 6.07 Å². The van der Waals surface area contributed by atoms with Gasteiger partial charge in [0, 0.05) is 11.6 Å². The predicted molar refractivity (Wildman–Crippen MR) is 66.2 cm³/mol. The summed E-state index contributed by atoms with van der Waals surface area (Å²) in [5, 5.41) is 2.72. The Bertz CT molecular complexity index is 434. The molecular weight excluding hydrogens is 242 g/mol. The molecule has 1 amide bonds. The molecule has 0 saturated carbocycles. The van der Waals surface area contributed by atoms with Crippen molar-refractivity contribution in [3.05, 3.63) is 17.7 Å². The van der Waals surface area contributed by atoms with Crippen LogP contribution in [0.5, 0.6) is 11.5 Å². The molecule has 0 bridgehead atoms. The van der Waals surface area contributed by atoms with Gasteiger partial charge in [0.2, 0.25) is 5.91 Å². The number of anilines is 1. The lowest BCUT2D eigenvalue weighted by Crippen LogP contribution is -2.16. The summed E-state index contributed by atoms with van der Waals surface area (Å²) in [6.07, 6.45) is 1.90. The molecule has 4 nitrogen and oxygen atoms in total. The van der Waals surface area contributed by atoms with E-state index in [9.17, 15) is 4.79 Å². The first-order valence-corrected chi connectivity index (χ1v) is 5.97. The van der Waals surface area contributed by atoms with E-state index in [4.69, 9.17) is 21.1 Å². The summed E-state index contributed by atoms with van der Waals surface area (Å²) in [5.74, 6) is 1.11. The van der Waals surface area contributed by atoms with Crippen LogP contribution >= 0.6 is 11.6 Å². The minimum atomic E-state index is -0.253. The molecule has 5 heteroatoms. The Morgan fingerprint density at radius 1 is 1.59 bits per heavy atom. The highest BCUT2D eigenvalue weighted by atomic mass is 35.5. The van der Waals surface area contributed by atoms with Gasteiger partial charge in [-0.3, -0.25) is 4.79 Å². The highest BCUT2D eigenvalue weighted by Gasteiger charge is 2.17. The average molecular weight is 256 g/mol. The molecule has 1 aromatic rings. The van der Waals surface area contributed by atoms with E-state index in [1.54, 1.807) is 13.2 Å². The number of ether oxygens (including phenoxy) is 2. The topological polar surface area (TPSA) is 47.6 Å². The standard InChI is InChI=1S/C12H14ClNO3/c1-16-9-5-8-3-2-4-17-12(8)10(6-9)14-11(15)7-13/h5-6H,2-4,7H2,1H3,(H,14,15). The summed E-state index contributed by atoms with van der Waals surface area (Å²) in [6.45, 7) is 0.670. The number of alkyl halides is 1. The fourth-order valence-corrected chi connectivity index (χ4v) is 1.91. The van der Waals surface area contributed by atoms with Crippen LogP contribution in [0.3, 0.4) is 0 Å². The van der Waals surface area contributed by atoms with Crippen molar-refractivity contribution in [1.29, 1.82) is 0 Å². The number of hydrogen-bond acceptors (Lipinski definition) is 3. The second-order valence-corrected chi connectivity index (χ2v) is 4.06. The number of carbonyl (C=O) groups is 1. The van der Waals surface area contributed by atoms with Gasteiger partial charge in [-0.15, -0.1) is 11.6 Å². The minimum Gasteiger partial charge on any atom is -0.497 e. The lowest BCUT2D eigenvalue weighted by atomic mass is 10.0. The molecule has 92 valence electrons. The van der Waals surface area contributed by atoms with Gasteiger partial charge in [0.05, 0.1) is 19.4 Å². The maximum atomic E-state index is 11.3. The van der Waals surface area contributed by atoms with Gasteiger partial charge in [-0.05, 0) is 18.9 Å². The molecule has 0 fully saturated rings. The largest absolute Gasteiger partial charge is 0.497 e. The molecule has 1 aliphatic rings. The second-order valence-electron chi connectivity index (χ2n) is 3.80. The van der Waals surface area contributed by atoms with Crippen LogP contribution in [0.4, 0.5) is 5.69 Å². The van der Waals surface area contributed by atoms with Crippen molar-refractivity contribution in [3.8, 4) is 11.5 Å². The van der Waals surface area contributed by atoms with Crippen molar-refractivity contribution < 1.29 is 14.3 Å². The molecule has 1 aliphatic heterocycles. The van der Waals surface area contributed by atoms with Crippen LogP contribution in [0.1, 0.15) is 12.0 Å². The first-order valence-electron chi connectivity index (χ1n) is 5.44. The first kappa shape index (κ1) is 12.0. The second kappa shape index (κ2) is 5.27. The normalized spacial score (nSPS) is 13.5. The Morgan fingerprint density at radius 2 is 2.41 bits per heavy atom. The number of rotatable bonds is 3. The summed E-state index contributed by atoms with van der Waals surface area (Å²) in [4.78, 5) is 11.3. The average Bonchev–Trinajstić information content (AvgIpc) is 2.38. The maximum absolute atomic E-state index is 11.3. The summed E-state index contributed by atoms with van der Waals surface area (Å²) < 4.78 is 10.8. The number of amides is 1. The molecule has 0 atom stereocenters. The van der Waals surface area contributed by atoms with Crippen molar-refractivity contribution in [1.82, 2.24) is 0 Å². The van der Waals surface area contributed by atoms with Crippen LogP contribution in [0, 0.1) is 0 Å². The maximum Gasteiger partial charge on any atom is 0.239 e. The smallest absolute Gasteiger partial charge is 0.239 e. The summed E-state index contributed by atoms with van der Waals surface area (Å²) >= 11 is 5.47. The number of benzene rings is 1. The molecule has 1 N–H and O–H groups in total. The number of carbonyl (C=O) groups excluding carboxylic acids is 1. The number of fused-ring (bicyclic) bond motifs is 1.